The summed E-state index contributed by atoms with van der Waals surface area (Å²) in [6.07, 6.45) is 7.33. The van der Waals surface area contributed by atoms with E-state index in [9.17, 15) is 0 Å². The lowest BCUT2D eigenvalue weighted by molar-refractivity contribution is 0.586. The summed E-state index contributed by atoms with van der Waals surface area (Å²) in [7, 11) is 0. The Morgan fingerprint density at radius 3 is 2.94 bits per heavy atom. The van der Waals surface area contributed by atoms with Crippen molar-refractivity contribution in [1.29, 1.82) is 0 Å². The minimum Gasteiger partial charge on any atom is -0.306 e. The van der Waals surface area contributed by atoms with Crippen molar-refractivity contribution in [2.45, 2.75) is 38.6 Å². The fourth-order valence-corrected chi connectivity index (χ4v) is 3.32. The Hall–Kier alpha value is -0.310. The molecule has 2 rings (SSSR count). The van der Waals surface area contributed by atoms with Gasteiger partial charge in [0, 0.05) is 4.88 Å². The molecule has 0 bridgehead atoms. The van der Waals surface area contributed by atoms with Crippen molar-refractivity contribution < 1.29 is 0 Å². The lowest BCUT2D eigenvalue weighted by atomic mass is 10.1. The molecule has 1 aliphatic carbocycles. The molecule has 16 heavy (non-hydrogen) atoms. The molecular weight excluding hydrogens is 238 g/mol. The van der Waals surface area contributed by atoms with E-state index in [2.05, 4.69) is 24.4 Å². The van der Waals surface area contributed by atoms with Crippen LogP contribution in [0.2, 0.25) is 4.34 Å². The molecule has 1 unspecified atom stereocenters. The van der Waals surface area contributed by atoms with Crippen LogP contribution in [0.5, 0.6) is 0 Å². The van der Waals surface area contributed by atoms with E-state index in [-0.39, 0.29) is 0 Å². The van der Waals surface area contributed by atoms with Crippen molar-refractivity contribution >= 4 is 22.9 Å². The highest BCUT2D eigenvalue weighted by molar-refractivity contribution is 7.16. The fraction of sp³-hybridized carbons (Fsp3) is 0.538. The van der Waals surface area contributed by atoms with Gasteiger partial charge in [-0.2, -0.15) is 0 Å². The molecule has 0 aliphatic heterocycles. The number of allylic oxidation sites excluding steroid dienone is 1. The molecule has 1 atom stereocenters. The maximum Gasteiger partial charge on any atom is 0.0931 e. The number of rotatable bonds is 5. The average molecular weight is 256 g/mol. The van der Waals surface area contributed by atoms with Crippen molar-refractivity contribution in [1.82, 2.24) is 5.32 Å². The van der Waals surface area contributed by atoms with Crippen LogP contribution in [0.3, 0.4) is 0 Å². The highest BCUT2D eigenvalue weighted by Gasteiger charge is 2.19. The summed E-state index contributed by atoms with van der Waals surface area (Å²) in [5.74, 6) is 0. The van der Waals surface area contributed by atoms with Gasteiger partial charge in [-0.05, 0) is 44.4 Å². The zero-order chi connectivity index (χ0) is 11.4. The van der Waals surface area contributed by atoms with E-state index >= 15 is 0 Å². The SMILES string of the molecule is CCCNC(C1=CCCC1)c1ccc(Cl)s1. The first-order valence-electron chi connectivity index (χ1n) is 5.99. The second-order valence-electron chi connectivity index (χ2n) is 4.20. The van der Waals surface area contributed by atoms with Gasteiger partial charge in [-0.25, -0.2) is 0 Å². The molecule has 0 radical (unpaired) electrons. The topological polar surface area (TPSA) is 12.0 Å². The van der Waals surface area contributed by atoms with Gasteiger partial charge < -0.3 is 5.32 Å². The van der Waals surface area contributed by atoms with Crippen LogP contribution in [0.15, 0.2) is 23.8 Å². The van der Waals surface area contributed by atoms with Crippen LogP contribution in [0.25, 0.3) is 0 Å². The number of hydrogen-bond acceptors (Lipinski definition) is 2. The Morgan fingerprint density at radius 2 is 2.38 bits per heavy atom. The summed E-state index contributed by atoms with van der Waals surface area (Å²) < 4.78 is 0.886. The zero-order valence-corrected chi connectivity index (χ0v) is 11.2. The molecule has 1 nitrogen and oxygen atoms in total. The maximum atomic E-state index is 6.02. The van der Waals surface area contributed by atoms with Crippen LogP contribution in [0.1, 0.15) is 43.5 Å². The van der Waals surface area contributed by atoms with Gasteiger partial charge in [-0.15, -0.1) is 11.3 Å². The van der Waals surface area contributed by atoms with Gasteiger partial charge in [0.2, 0.25) is 0 Å². The molecule has 1 heterocycles. The molecule has 0 amide bonds. The maximum absolute atomic E-state index is 6.02. The first-order chi connectivity index (χ1) is 7.81. The number of halogens is 1. The quantitative estimate of drug-likeness (QED) is 0.761. The van der Waals surface area contributed by atoms with E-state index in [0.717, 1.165) is 10.9 Å². The summed E-state index contributed by atoms with van der Waals surface area (Å²) in [4.78, 5) is 1.35. The normalized spacial score (nSPS) is 17.5. The largest absolute Gasteiger partial charge is 0.306 e. The Kier molecular flexibility index (Phi) is 4.45. The van der Waals surface area contributed by atoms with E-state index in [1.54, 1.807) is 16.9 Å². The van der Waals surface area contributed by atoms with Crippen LogP contribution < -0.4 is 5.32 Å². The van der Waals surface area contributed by atoms with Crippen LogP contribution in [0.4, 0.5) is 0 Å². The first-order valence-corrected chi connectivity index (χ1v) is 7.18. The summed E-state index contributed by atoms with van der Waals surface area (Å²) >= 11 is 7.71. The first kappa shape index (κ1) is 12.2. The van der Waals surface area contributed by atoms with Gasteiger partial charge in [-0.1, -0.05) is 30.2 Å². The van der Waals surface area contributed by atoms with Gasteiger partial charge in [-0.3, -0.25) is 0 Å². The molecule has 0 spiro atoms. The minimum atomic E-state index is 0.403. The summed E-state index contributed by atoms with van der Waals surface area (Å²) in [5.41, 5.74) is 1.55. The Labute approximate surface area is 107 Å². The van der Waals surface area contributed by atoms with Crippen LogP contribution in [0, 0.1) is 0 Å². The van der Waals surface area contributed by atoms with Gasteiger partial charge >= 0.3 is 0 Å². The third-order valence-corrected chi connectivity index (χ3v) is 4.22. The molecular formula is C13H18ClNS. The lowest BCUT2D eigenvalue weighted by Gasteiger charge is -2.18. The third kappa shape index (κ3) is 2.88. The van der Waals surface area contributed by atoms with Crippen LogP contribution >= 0.6 is 22.9 Å². The predicted octanol–water partition coefficient (Wildman–Crippen LogP) is 4.55. The standard InChI is InChI=1S/C13H18ClNS/c1-2-9-15-13(10-5-3-4-6-10)11-7-8-12(14)16-11/h5,7-8,13,15H,2-4,6,9H2,1H3. The molecule has 88 valence electrons. The van der Waals surface area contributed by atoms with E-state index < -0.39 is 0 Å². The van der Waals surface area contributed by atoms with Crippen LogP contribution in [-0.4, -0.2) is 6.54 Å². The van der Waals surface area contributed by atoms with Crippen molar-refractivity contribution in [3.63, 3.8) is 0 Å². The highest BCUT2D eigenvalue weighted by atomic mass is 35.5. The van der Waals surface area contributed by atoms with Gasteiger partial charge in [0.1, 0.15) is 0 Å². The molecule has 1 N–H and O–H groups in total. The second kappa shape index (κ2) is 5.85. The molecule has 0 saturated heterocycles. The molecule has 1 aromatic heterocycles. The summed E-state index contributed by atoms with van der Waals surface area (Å²) in [6, 6.07) is 4.55. The second-order valence-corrected chi connectivity index (χ2v) is 5.95. The predicted molar refractivity (Wildman–Crippen MR) is 72.3 cm³/mol. The van der Waals surface area contributed by atoms with E-state index in [1.807, 2.05) is 6.07 Å². The van der Waals surface area contributed by atoms with E-state index in [1.165, 1.54) is 30.6 Å². The van der Waals surface area contributed by atoms with Gasteiger partial charge in [0.05, 0.1) is 10.4 Å². The Bertz CT molecular complexity index is 370. The summed E-state index contributed by atoms with van der Waals surface area (Å²) in [6.45, 7) is 3.27. The van der Waals surface area contributed by atoms with E-state index in [0.29, 0.717) is 6.04 Å². The number of hydrogen-bond donors (Lipinski definition) is 1. The van der Waals surface area contributed by atoms with Gasteiger partial charge in [0.15, 0.2) is 0 Å². The number of thiophene rings is 1. The highest BCUT2D eigenvalue weighted by Crippen LogP contribution is 2.35. The lowest BCUT2D eigenvalue weighted by Crippen LogP contribution is -2.22. The zero-order valence-electron chi connectivity index (χ0n) is 9.63. The molecule has 0 aromatic carbocycles. The monoisotopic (exact) mass is 255 g/mol. The molecule has 1 aliphatic rings. The fourth-order valence-electron chi connectivity index (χ4n) is 2.14. The number of nitrogens with one attached hydrogen (secondary N) is 1. The summed E-state index contributed by atoms with van der Waals surface area (Å²) in [5, 5.41) is 3.62. The Morgan fingerprint density at radius 1 is 1.50 bits per heavy atom. The van der Waals surface area contributed by atoms with Crippen molar-refractivity contribution in [2.75, 3.05) is 6.54 Å². The molecule has 0 fully saturated rings. The van der Waals surface area contributed by atoms with Crippen molar-refractivity contribution in [3.8, 4) is 0 Å². The van der Waals surface area contributed by atoms with Gasteiger partial charge in [0.25, 0.3) is 0 Å². The van der Waals surface area contributed by atoms with Crippen molar-refractivity contribution in [2.24, 2.45) is 0 Å². The van der Waals surface area contributed by atoms with Crippen molar-refractivity contribution in [3.05, 3.63) is 33.0 Å². The molecule has 0 saturated carbocycles. The molecule has 1 aromatic rings. The Balaban J connectivity index is 2.13. The third-order valence-electron chi connectivity index (χ3n) is 2.92. The molecule has 3 heteroatoms. The van der Waals surface area contributed by atoms with Crippen LogP contribution in [-0.2, 0) is 0 Å². The smallest absolute Gasteiger partial charge is 0.0931 e. The van der Waals surface area contributed by atoms with E-state index in [4.69, 9.17) is 11.6 Å². The average Bonchev–Trinajstić information content (AvgIpc) is 2.91. The minimum absolute atomic E-state index is 0.403.